The number of fused-ring (bicyclic) bond motifs is 1. The molecule has 0 unspecified atom stereocenters. The van der Waals surface area contributed by atoms with E-state index in [1.807, 2.05) is 0 Å². The average Bonchev–Trinajstić information content (AvgIpc) is 3.01. The number of carbonyl (C=O) groups excluding carboxylic acids is 1. The summed E-state index contributed by atoms with van der Waals surface area (Å²) in [5.41, 5.74) is 0.473. The van der Waals surface area contributed by atoms with E-state index in [1.54, 1.807) is 26.1 Å². The van der Waals surface area contributed by atoms with Crippen molar-refractivity contribution in [3.8, 4) is 0 Å². The Kier molecular flexibility index (Phi) is 5.21. The van der Waals surface area contributed by atoms with Crippen LogP contribution in [0.1, 0.15) is 12.7 Å². The molecular weight excluding hydrogens is 324 g/mol. The number of imidazole rings is 1. The van der Waals surface area contributed by atoms with Crippen LogP contribution in [0.5, 0.6) is 0 Å². The molecule has 2 heterocycles. The van der Waals surface area contributed by atoms with Gasteiger partial charge in [0.05, 0.1) is 12.2 Å². The Morgan fingerprint density at radius 2 is 2.00 bits per heavy atom. The monoisotopic (exact) mass is 344 g/mol. The number of nitrogens with zero attached hydrogens (tertiary/aromatic N) is 3. The Labute approximate surface area is 143 Å². The first-order valence-electron chi connectivity index (χ1n) is 7.63. The number of aryl methyl sites for hydroxylation is 1. The minimum absolute atomic E-state index is 0.191. The third-order valence-corrected chi connectivity index (χ3v) is 3.67. The molecule has 0 aromatic carbocycles. The molecule has 132 valence electrons. The van der Waals surface area contributed by atoms with Gasteiger partial charge in [-0.2, -0.15) is 0 Å². The van der Waals surface area contributed by atoms with Gasteiger partial charge in [-0.3, -0.25) is 13.9 Å². The Bertz CT molecular complexity index is 1000. The van der Waals surface area contributed by atoms with E-state index in [4.69, 9.17) is 4.74 Å². The summed E-state index contributed by atoms with van der Waals surface area (Å²) in [6.07, 6.45) is 3.40. The smallest absolute Gasteiger partial charge is 0.337 e. The third-order valence-electron chi connectivity index (χ3n) is 3.67. The van der Waals surface area contributed by atoms with E-state index in [0.717, 1.165) is 4.57 Å². The van der Waals surface area contributed by atoms with Gasteiger partial charge >= 0.3 is 11.7 Å². The summed E-state index contributed by atoms with van der Waals surface area (Å²) >= 11 is 0. The second kappa shape index (κ2) is 7.16. The minimum atomic E-state index is -0.511. The number of allylic oxidation sites excluding steroid dienone is 2. The molecule has 0 amide bonds. The first-order chi connectivity index (χ1) is 11.8. The molecule has 0 bridgehead atoms. The fourth-order valence-electron chi connectivity index (χ4n) is 2.34. The van der Waals surface area contributed by atoms with Gasteiger partial charge in [-0.25, -0.2) is 14.6 Å². The quantitative estimate of drug-likeness (QED) is 0.473. The van der Waals surface area contributed by atoms with Crippen molar-refractivity contribution in [3.05, 3.63) is 63.1 Å². The summed E-state index contributed by atoms with van der Waals surface area (Å²) in [5, 5.41) is 0. The topological polar surface area (TPSA) is 99.0 Å². The zero-order valence-electron chi connectivity index (χ0n) is 14.5. The number of aromatic amines is 1. The number of rotatable bonds is 6. The van der Waals surface area contributed by atoms with Crippen LogP contribution in [0, 0.1) is 0 Å². The van der Waals surface area contributed by atoms with E-state index in [-0.39, 0.29) is 29.8 Å². The van der Waals surface area contributed by atoms with Crippen molar-refractivity contribution >= 4 is 17.1 Å². The molecule has 8 nitrogen and oxygen atoms in total. The second-order valence-corrected chi connectivity index (χ2v) is 5.43. The van der Waals surface area contributed by atoms with Gasteiger partial charge in [0.1, 0.15) is 11.3 Å². The Morgan fingerprint density at radius 3 is 2.60 bits per heavy atom. The lowest BCUT2D eigenvalue weighted by Gasteiger charge is -2.03. The first kappa shape index (κ1) is 18.2. The van der Waals surface area contributed by atoms with E-state index >= 15 is 0 Å². The molecule has 25 heavy (non-hydrogen) atoms. The highest BCUT2D eigenvalue weighted by Gasteiger charge is 2.14. The highest BCUT2D eigenvalue weighted by atomic mass is 16.5. The number of carbonyl (C=O) groups is 1. The zero-order valence-corrected chi connectivity index (χ0v) is 14.5. The lowest BCUT2D eigenvalue weighted by atomic mass is 10.1. The third kappa shape index (κ3) is 3.52. The maximum atomic E-state index is 12.2. The molecular formula is C17H20N4O4. The van der Waals surface area contributed by atoms with E-state index in [2.05, 4.69) is 23.1 Å². The van der Waals surface area contributed by atoms with Crippen LogP contribution in [-0.4, -0.2) is 31.7 Å². The van der Waals surface area contributed by atoms with Crippen LogP contribution >= 0.6 is 0 Å². The lowest BCUT2D eigenvalue weighted by Crippen LogP contribution is -2.36. The molecule has 0 spiro atoms. The van der Waals surface area contributed by atoms with Gasteiger partial charge in [0.25, 0.3) is 5.56 Å². The Balaban J connectivity index is 2.41. The number of nitrogens with one attached hydrogen (secondary N) is 1. The van der Waals surface area contributed by atoms with Crippen LogP contribution in [0.2, 0.25) is 0 Å². The number of H-pyrrole nitrogens is 1. The van der Waals surface area contributed by atoms with E-state index in [1.165, 1.54) is 11.6 Å². The average molecular weight is 344 g/mol. The number of aromatic nitrogens is 4. The molecule has 2 rings (SSSR count). The molecule has 0 radical (unpaired) electrons. The van der Waals surface area contributed by atoms with Crippen LogP contribution in [0.15, 0.2) is 46.0 Å². The summed E-state index contributed by atoms with van der Waals surface area (Å²) in [5.74, 6) is -0.0427. The summed E-state index contributed by atoms with van der Waals surface area (Å²) in [7, 11) is 2.95. The van der Waals surface area contributed by atoms with Gasteiger partial charge in [-0.15, -0.1) is 0 Å². The van der Waals surface area contributed by atoms with E-state index < -0.39 is 17.2 Å². The van der Waals surface area contributed by atoms with Gasteiger partial charge in [0.2, 0.25) is 0 Å². The second-order valence-electron chi connectivity index (χ2n) is 5.43. The van der Waals surface area contributed by atoms with Crippen LogP contribution in [-0.2, 0) is 30.0 Å². The summed E-state index contributed by atoms with van der Waals surface area (Å²) in [6.45, 7) is 9.35. The molecule has 0 atom stereocenters. The number of hydrogen-bond acceptors (Lipinski definition) is 5. The van der Waals surface area contributed by atoms with Gasteiger partial charge in [0.15, 0.2) is 5.65 Å². The van der Waals surface area contributed by atoms with Crippen LogP contribution < -0.4 is 11.2 Å². The molecule has 0 aliphatic heterocycles. The van der Waals surface area contributed by atoms with E-state index in [0.29, 0.717) is 11.4 Å². The van der Waals surface area contributed by atoms with Crippen molar-refractivity contribution in [1.29, 1.82) is 0 Å². The molecule has 0 aliphatic carbocycles. The van der Waals surface area contributed by atoms with Crippen LogP contribution in [0.25, 0.3) is 11.2 Å². The van der Waals surface area contributed by atoms with E-state index in [9.17, 15) is 14.4 Å². The maximum absolute atomic E-state index is 12.2. The summed E-state index contributed by atoms with van der Waals surface area (Å²) in [6, 6.07) is 0. The largest absolute Gasteiger partial charge is 0.462 e. The number of esters is 1. The van der Waals surface area contributed by atoms with Crippen molar-refractivity contribution in [1.82, 2.24) is 19.1 Å². The highest BCUT2D eigenvalue weighted by molar-refractivity contribution is 5.91. The molecule has 0 aliphatic rings. The van der Waals surface area contributed by atoms with Gasteiger partial charge in [-0.1, -0.05) is 19.2 Å². The van der Waals surface area contributed by atoms with Gasteiger partial charge in [-0.05, 0) is 18.6 Å². The van der Waals surface area contributed by atoms with Crippen molar-refractivity contribution in [3.63, 3.8) is 0 Å². The van der Waals surface area contributed by atoms with Crippen molar-refractivity contribution < 1.29 is 9.53 Å². The molecule has 0 saturated carbocycles. The van der Waals surface area contributed by atoms with Crippen LogP contribution in [0.3, 0.4) is 0 Å². The van der Waals surface area contributed by atoms with Crippen molar-refractivity contribution in [2.45, 2.75) is 13.3 Å². The molecule has 2 aromatic rings. The van der Waals surface area contributed by atoms with Crippen LogP contribution in [0.4, 0.5) is 0 Å². The normalized spacial score (nSPS) is 11.6. The molecule has 8 heteroatoms. The molecule has 0 saturated heterocycles. The fourth-order valence-corrected chi connectivity index (χ4v) is 2.34. The standard InChI is InChI=1S/C17H20N4O4/c1-6-11(8-10(3)16(23)25-7-2)9-12-18-13-14(19-12)20(4)17(24)21(5)15(13)22/h6,8H,1,3,7,9H2,2,4-5H3,(H,18,19)/b11-8+. The first-order valence-corrected chi connectivity index (χ1v) is 7.63. The van der Waals surface area contributed by atoms with Gasteiger partial charge < -0.3 is 9.72 Å². The Hall–Kier alpha value is -3.16. The SMILES string of the molecule is C=C/C(=C\C(=C)C(=O)OCC)Cc1nc2c([nH]1)c(=O)n(C)c(=O)n2C. The maximum Gasteiger partial charge on any atom is 0.337 e. The lowest BCUT2D eigenvalue weighted by molar-refractivity contribution is -0.138. The fraction of sp³-hybridized carbons (Fsp3) is 0.294. The zero-order chi connectivity index (χ0) is 18.7. The number of hydrogen-bond donors (Lipinski definition) is 1. The predicted octanol–water partition coefficient (Wildman–Crippen LogP) is 0.734. The minimum Gasteiger partial charge on any atom is -0.462 e. The predicted molar refractivity (Wildman–Crippen MR) is 94.3 cm³/mol. The highest BCUT2D eigenvalue weighted by Crippen LogP contribution is 2.12. The van der Waals surface area contributed by atoms with Crippen molar-refractivity contribution in [2.75, 3.05) is 6.61 Å². The summed E-state index contributed by atoms with van der Waals surface area (Å²) < 4.78 is 7.19. The molecule has 0 fully saturated rings. The molecule has 1 N–H and O–H groups in total. The summed E-state index contributed by atoms with van der Waals surface area (Å²) in [4.78, 5) is 43.0. The van der Waals surface area contributed by atoms with Crippen molar-refractivity contribution in [2.24, 2.45) is 14.1 Å². The Morgan fingerprint density at radius 1 is 1.32 bits per heavy atom. The number of ether oxygens (including phenoxy) is 1. The van der Waals surface area contributed by atoms with Gasteiger partial charge in [0, 0.05) is 20.5 Å². The molecule has 2 aromatic heterocycles.